The van der Waals surface area contributed by atoms with Gasteiger partial charge in [-0.15, -0.1) is 0 Å². The van der Waals surface area contributed by atoms with E-state index in [1.165, 1.54) is 0 Å². The van der Waals surface area contributed by atoms with Crippen LogP contribution in [-0.4, -0.2) is 30.1 Å². The van der Waals surface area contributed by atoms with Gasteiger partial charge in [0.25, 0.3) is 0 Å². The van der Waals surface area contributed by atoms with Crippen molar-refractivity contribution in [3.05, 3.63) is 29.6 Å². The van der Waals surface area contributed by atoms with Crippen molar-refractivity contribution in [1.82, 2.24) is 5.32 Å². The molecule has 5 nitrogen and oxygen atoms in total. The highest BCUT2D eigenvalue weighted by Gasteiger charge is 2.30. The maximum absolute atomic E-state index is 13.6. The third kappa shape index (κ3) is 2.90. The Hall–Kier alpha value is -1.95. The van der Waals surface area contributed by atoms with Gasteiger partial charge < -0.3 is 15.7 Å². The molecule has 0 radical (unpaired) electrons. The number of hydrogen-bond donors (Lipinski definition) is 3. The first kappa shape index (κ1) is 13.5. The number of halogens is 1. The Morgan fingerprint density at radius 2 is 2.16 bits per heavy atom. The molecule has 0 spiro atoms. The summed E-state index contributed by atoms with van der Waals surface area (Å²) in [7, 11) is 0. The molecule has 1 aromatic carbocycles. The van der Waals surface area contributed by atoms with Crippen LogP contribution in [0.1, 0.15) is 17.3 Å². The number of carbonyl (C=O) groups is 2. The molecule has 0 bridgehead atoms. The number of anilines is 1. The second-order valence-electron chi connectivity index (χ2n) is 4.73. The van der Waals surface area contributed by atoms with E-state index >= 15 is 0 Å². The molecule has 0 aliphatic carbocycles. The third-order valence-electron chi connectivity index (χ3n) is 3.33. The zero-order valence-electron chi connectivity index (χ0n) is 10.4. The zero-order chi connectivity index (χ0) is 14.0. The number of carboxylic acid groups (broad SMARTS) is 1. The molecule has 1 aromatic rings. The third-order valence-corrected chi connectivity index (χ3v) is 3.33. The summed E-state index contributed by atoms with van der Waals surface area (Å²) in [6, 6.07) is 3.32. The molecule has 1 heterocycles. The number of nitrogens with one attached hydrogen (secondary N) is 2. The topological polar surface area (TPSA) is 78.4 Å². The quantitative estimate of drug-likeness (QED) is 0.771. The molecule has 1 amide bonds. The molecule has 2 atom stereocenters. The summed E-state index contributed by atoms with van der Waals surface area (Å²) in [5, 5.41) is 14.4. The van der Waals surface area contributed by atoms with Gasteiger partial charge in [-0.1, -0.05) is 6.92 Å². The molecular weight excluding hydrogens is 251 g/mol. The van der Waals surface area contributed by atoms with Gasteiger partial charge >= 0.3 is 5.97 Å². The van der Waals surface area contributed by atoms with Crippen molar-refractivity contribution in [2.75, 3.05) is 18.4 Å². The molecule has 1 saturated heterocycles. The van der Waals surface area contributed by atoms with Crippen LogP contribution in [-0.2, 0) is 4.79 Å². The fraction of sp³-hybridized carbons (Fsp3) is 0.385. The summed E-state index contributed by atoms with van der Waals surface area (Å²) in [4.78, 5) is 22.8. The number of hydrogen-bond acceptors (Lipinski definition) is 3. The lowest BCUT2D eigenvalue weighted by Gasteiger charge is -2.14. The van der Waals surface area contributed by atoms with Crippen LogP contribution >= 0.6 is 0 Å². The number of rotatable bonds is 3. The molecular formula is C13H15FN2O3. The highest BCUT2D eigenvalue weighted by Crippen LogP contribution is 2.21. The Balaban J connectivity index is 2.16. The predicted octanol–water partition coefficient (Wildman–Crippen LogP) is 1.32. The molecule has 1 aliphatic rings. The minimum atomic E-state index is -1.16. The summed E-state index contributed by atoms with van der Waals surface area (Å²) in [6.45, 7) is 3.23. The molecule has 0 aromatic heterocycles. The van der Waals surface area contributed by atoms with Crippen molar-refractivity contribution in [2.24, 2.45) is 11.8 Å². The van der Waals surface area contributed by atoms with Crippen LogP contribution in [0.3, 0.4) is 0 Å². The van der Waals surface area contributed by atoms with Gasteiger partial charge in [0.15, 0.2) is 0 Å². The SMILES string of the molecule is CC1CNCC1C(=O)Nc1cc(C(=O)O)ccc1F. The molecule has 6 heteroatoms. The molecule has 1 fully saturated rings. The van der Waals surface area contributed by atoms with Crippen molar-refractivity contribution in [3.8, 4) is 0 Å². The summed E-state index contributed by atoms with van der Waals surface area (Å²) >= 11 is 0. The van der Waals surface area contributed by atoms with Gasteiger partial charge in [0.1, 0.15) is 5.82 Å². The molecule has 2 rings (SSSR count). The molecule has 3 N–H and O–H groups in total. The molecule has 0 saturated carbocycles. The van der Waals surface area contributed by atoms with Gasteiger partial charge in [-0.2, -0.15) is 0 Å². The Kier molecular flexibility index (Phi) is 3.80. The number of carbonyl (C=O) groups excluding carboxylic acids is 1. The van der Waals surface area contributed by atoms with Gasteiger partial charge in [0, 0.05) is 6.54 Å². The van der Waals surface area contributed by atoms with E-state index in [1.54, 1.807) is 0 Å². The van der Waals surface area contributed by atoms with Gasteiger partial charge in [0.05, 0.1) is 17.2 Å². The highest BCUT2D eigenvalue weighted by atomic mass is 19.1. The van der Waals surface area contributed by atoms with Gasteiger partial charge in [0.2, 0.25) is 5.91 Å². The fourth-order valence-electron chi connectivity index (χ4n) is 2.14. The normalized spacial score (nSPS) is 22.2. The van der Waals surface area contributed by atoms with Crippen LogP contribution < -0.4 is 10.6 Å². The summed E-state index contributed by atoms with van der Waals surface area (Å²) in [5.74, 6) is -2.15. The Bertz CT molecular complexity index is 519. The smallest absolute Gasteiger partial charge is 0.335 e. The van der Waals surface area contributed by atoms with E-state index in [9.17, 15) is 14.0 Å². The van der Waals surface area contributed by atoms with Gasteiger partial charge in [-0.25, -0.2) is 9.18 Å². The van der Waals surface area contributed by atoms with Crippen LogP contribution in [0.5, 0.6) is 0 Å². The fourth-order valence-corrected chi connectivity index (χ4v) is 2.14. The average Bonchev–Trinajstić information content (AvgIpc) is 2.78. The largest absolute Gasteiger partial charge is 0.478 e. The lowest BCUT2D eigenvalue weighted by molar-refractivity contribution is -0.120. The Morgan fingerprint density at radius 1 is 1.42 bits per heavy atom. The number of aromatic carboxylic acids is 1. The minimum absolute atomic E-state index is 0.0608. The first-order valence-electron chi connectivity index (χ1n) is 6.03. The molecule has 19 heavy (non-hydrogen) atoms. The maximum atomic E-state index is 13.6. The van der Waals surface area contributed by atoms with E-state index in [2.05, 4.69) is 10.6 Å². The first-order chi connectivity index (χ1) is 8.99. The van der Waals surface area contributed by atoms with Crippen LogP contribution in [0.15, 0.2) is 18.2 Å². The average molecular weight is 266 g/mol. The van der Waals surface area contributed by atoms with E-state index < -0.39 is 11.8 Å². The number of benzene rings is 1. The van der Waals surface area contributed by atoms with E-state index in [0.717, 1.165) is 24.7 Å². The monoisotopic (exact) mass is 266 g/mol. The van der Waals surface area contributed by atoms with Gasteiger partial charge in [-0.3, -0.25) is 4.79 Å². The van der Waals surface area contributed by atoms with Crippen LogP contribution in [0.25, 0.3) is 0 Å². The number of carboxylic acids is 1. The van der Waals surface area contributed by atoms with E-state index in [0.29, 0.717) is 6.54 Å². The van der Waals surface area contributed by atoms with Crippen LogP contribution in [0.4, 0.5) is 10.1 Å². The summed E-state index contributed by atoms with van der Waals surface area (Å²) in [5.41, 5.74) is -0.154. The lowest BCUT2D eigenvalue weighted by atomic mass is 9.97. The molecule has 2 unspecified atom stereocenters. The van der Waals surface area contributed by atoms with Crippen LogP contribution in [0.2, 0.25) is 0 Å². The summed E-state index contributed by atoms with van der Waals surface area (Å²) in [6.07, 6.45) is 0. The second-order valence-corrected chi connectivity index (χ2v) is 4.73. The van der Waals surface area contributed by atoms with Crippen LogP contribution in [0, 0.1) is 17.7 Å². The van der Waals surface area contributed by atoms with E-state index in [1.807, 2.05) is 6.92 Å². The van der Waals surface area contributed by atoms with Crippen molar-refractivity contribution in [2.45, 2.75) is 6.92 Å². The Labute approximate surface area is 109 Å². The van der Waals surface area contributed by atoms with E-state index in [-0.39, 0.29) is 29.0 Å². The van der Waals surface area contributed by atoms with Gasteiger partial charge in [-0.05, 0) is 30.7 Å². The number of amides is 1. The Morgan fingerprint density at radius 3 is 2.74 bits per heavy atom. The highest BCUT2D eigenvalue weighted by molar-refractivity contribution is 5.95. The lowest BCUT2D eigenvalue weighted by Crippen LogP contribution is -2.28. The molecule has 102 valence electrons. The van der Waals surface area contributed by atoms with Crippen molar-refractivity contribution in [3.63, 3.8) is 0 Å². The van der Waals surface area contributed by atoms with Crippen molar-refractivity contribution >= 4 is 17.6 Å². The first-order valence-corrected chi connectivity index (χ1v) is 6.03. The van der Waals surface area contributed by atoms with Crippen molar-refractivity contribution in [1.29, 1.82) is 0 Å². The zero-order valence-corrected chi connectivity index (χ0v) is 10.4. The molecule has 1 aliphatic heterocycles. The standard InChI is InChI=1S/C13H15FN2O3/c1-7-5-15-6-9(7)12(17)16-11-4-8(13(18)19)2-3-10(11)14/h2-4,7,9,15H,5-6H2,1H3,(H,16,17)(H,18,19). The van der Waals surface area contributed by atoms with E-state index in [4.69, 9.17) is 5.11 Å². The predicted molar refractivity (Wildman–Crippen MR) is 67.5 cm³/mol. The minimum Gasteiger partial charge on any atom is -0.478 e. The summed E-state index contributed by atoms with van der Waals surface area (Å²) < 4.78 is 13.6. The maximum Gasteiger partial charge on any atom is 0.335 e. The second kappa shape index (κ2) is 5.36. The van der Waals surface area contributed by atoms with Crippen molar-refractivity contribution < 1.29 is 19.1 Å².